The quantitative estimate of drug-likeness (QED) is 0.815. The number of hydrogen-bond acceptors (Lipinski definition) is 2. The summed E-state index contributed by atoms with van der Waals surface area (Å²) in [6, 6.07) is 12.6. The number of hydrogen-bond donors (Lipinski definition) is 0. The predicted molar refractivity (Wildman–Crippen MR) is 94.8 cm³/mol. The molecular weight excluding hydrogens is 341 g/mol. The van der Waals surface area contributed by atoms with E-state index in [1.54, 1.807) is 13.0 Å². The third-order valence-electron chi connectivity index (χ3n) is 4.90. The smallest absolute Gasteiger partial charge is 0.310 e. The van der Waals surface area contributed by atoms with Crippen molar-refractivity contribution in [3.8, 4) is 0 Å². The van der Waals surface area contributed by atoms with Crippen LogP contribution in [0, 0.1) is 6.92 Å². The summed E-state index contributed by atoms with van der Waals surface area (Å²) in [5.41, 5.74) is 1.87. The summed E-state index contributed by atoms with van der Waals surface area (Å²) in [4.78, 5) is 16.3. The zero-order valence-corrected chi connectivity index (χ0v) is 14.8. The van der Waals surface area contributed by atoms with Crippen molar-refractivity contribution in [3.05, 3.63) is 65.2 Å². The summed E-state index contributed by atoms with van der Waals surface area (Å²) in [7, 11) is 0. The van der Waals surface area contributed by atoms with Crippen molar-refractivity contribution < 1.29 is 18.0 Å². The summed E-state index contributed by atoms with van der Waals surface area (Å²) < 4.78 is 38.8. The number of nitrogens with zero attached hydrogens (tertiary/aromatic N) is 2. The van der Waals surface area contributed by atoms with E-state index in [0.29, 0.717) is 25.3 Å². The number of aryl methyl sites for hydroxylation is 1. The Morgan fingerprint density at radius 1 is 1.08 bits per heavy atom. The van der Waals surface area contributed by atoms with E-state index in [9.17, 15) is 18.0 Å². The Hall–Kier alpha value is -2.34. The monoisotopic (exact) mass is 362 g/mol. The van der Waals surface area contributed by atoms with Crippen LogP contribution >= 0.6 is 0 Å². The maximum absolute atomic E-state index is 12.9. The number of rotatable bonds is 3. The Morgan fingerprint density at radius 2 is 1.81 bits per heavy atom. The second-order valence-electron chi connectivity index (χ2n) is 6.61. The maximum atomic E-state index is 12.9. The lowest BCUT2D eigenvalue weighted by Gasteiger charge is -2.39. The molecule has 26 heavy (non-hydrogen) atoms. The lowest BCUT2D eigenvalue weighted by Crippen LogP contribution is -2.55. The van der Waals surface area contributed by atoms with Crippen molar-refractivity contribution in [1.29, 1.82) is 0 Å². The number of alkyl halides is 3. The van der Waals surface area contributed by atoms with Crippen LogP contribution in [-0.2, 0) is 17.5 Å². The number of amides is 1. The van der Waals surface area contributed by atoms with Gasteiger partial charge in [-0.2, -0.15) is 13.2 Å². The molecule has 1 aliphatic rings. The van der Waals surface area contributed by atoms with Crippen LogP contribution in [0.1, 0.15) is 23.6 Å². The fourth-order valence-electron chi connectivity index (χ4n) is 3.24. The van der Waals surface area contributed by atoms with Gasteiger partial charge in [-0.15, -0.1) is 0 Å². The molecule has 138 valence electrons. The van der Waals surface area contributed by atoms with E-state index in [-0.39, 0.29) is 5.91 Å². The first kappa shape index (κ1) is 18.5. The van der Waals surface area contributed by atoms with Gasteiger partial charge in [-0.3, -0.25) is 9.69 Å². The Morgan fingerprint density at radius 3 is 2.50 bits per heavy atom. The molecule has 0 N–H and O–H groups in total. The molecule has 1 heterocycles. The molecule has 1 fully saturated rings. The van der Waals surface area contributed by atoms with Crippen LogP contribution in [-0.4, -0.2) is 29.9 Å². The van der Waals surface area contributed by atoms with Crippen molar-refractivity contribution in [1.82, 2.24) is 4.90 Å². The van der Waals surface area contributed by atoms with Gasteiger partial charge in [-0.05, 0) is 43.2 Å². The molecule has 2 aromatic carbocycles. The van der Waals surface area contributed by atoms with Crippen molar-refractivity contribution in [2.75, 3.05) is 18.0 Å². The van der Waals surface area contributed by atoms with Crippen LogP contribution in [0.25, 0.3) is 0 Å². The molecule has 1 unspecified atom stereocenters. The molecule has 0 radical (unpaired) electrons. The lowest BCUT2D eigenvalue weighted by atomic mass is 10.1. The van der Waals surface area contributed by atoms with E-state index in [1.807, 2.05) is 31.2 Å². The minimum Gasteiger partial charge on any atom is -0.310 e. The number of benzene rings is 2. The first-order chi connectivity index (χ1) is 12.3. The van der Waals surface area contributed by atoms with Gasteiger partial charge in [-0.25, -0.2) is 0 Å². The van der Waals surface area contributed by atoms with Crippen molar-refractivity contribution in [3.63, 3.8) is 0 Å². The van der Waals surface area contributed by atoms with Crippen molar-refractivity contribution >= 4 is 11.6 Å². The van der Waals surface area contributed by atoms with E-state index in [0.717, 1.165) is 23.3 Å². The van der Waals surface area contributed by atoms with Crippen LogP contribution in [0.2, 0.25) is 0 Å². The first-order valence-corrected chi connectivity index (χ1v) is 8.54. The van der Waals surface area contributed by atoms with Crippen LogP contribution in [0.3, 0.4) is 0 Å². The molecule has 0 saturated carbocycles. The van der Waals surface area contributed by atoms with E-state index in [1.165, 1.54) is 11.0 Å². The Bertz CT molecular complexity index is 804. The second kappa shape index (κ2) is 7.11. The van der Waals surface area contributed by atoms with E-state index < -0.39 is 17.8 Å². The molecule has 0 spiro atoms. The van der Waals surface area contributed by atoms with E-state index >= 15 is 0 Å². The minimum absolute atomic E-state index is 0.177. The Balaban J connectivity index is 1.77. The molecule has 3 rings (SSSR count). The number of piperazine rings is 1. The highest BCUT2D eigenvalue weighted by atomic mass is 19.4. The molecular formula is C20H21F3N2O. The van der Waals surface area contributed by atoms with Gasteiger partial charge >= 0.3 is 6.18 Å². The van der Waals surface area contributed by atoms with E-state index in [2.05, 4.69) is 4.90 Å². The van der Waals surface area contributed by atoms with E-state index in [4.69, 9.17) is 0 Å². The van der Waals surface area contributed by atoms with Crippen LogP contribution in [0.15, 0.2) is 48.5 Å². The Kier molecular flexibility index (Phi) is 5.05. The molecule has 0 aromatic heterocycles. The van der Waals surface area contributed by atoms with Crippen molar-refractivity contribution in [2.45, 2.75) is 32.6 Å². The maximum Gasteiger partial charge on any atom is 0.416 e. The fraction of sp³-hybridized carbons (Fsp3) is 0.350. The third-order valence-corrected chi connectivity index (χ3v) is 4.90. The number of anilines is 1. The molecule has 1 amide bonds. The van der Waals surface area contributed by atoms with Gasteiger partial charge in [0.1, 0.15) is 0 Å². The minimum atomic E-state index is -4.42. The summed E-state index contributed by atoms with van der Waals surface area (Å²) in [6.45, 7) is 5.46. The average molecular weight is 362 g/mol. The van der Waals surface area contributed by atoms with Crippen LogP contribution in [0.5, 0.6) is 0 Å². The number of halogens is 3. The van der Waals surface area contributed by atoms with Gasteiger partial charge in [0.2, 0.25) is 5.91 Å². The summed E-state index contributed by atoms with van der Waals surface area (Å²) in [6.07, 6.45) is -4.42. The fourth-order valence-corrected chi connectivity index (χ4v) is 3.24. The molecule has 6 heteroatoms. The zero-order valence-electron chi connectivity index (χ0n) is 14.8. The summed E-state index contributed by atoms with van der Waals surface area (Å²) in [5.74, 6) is -0.177. The molecule has 0 bridgehead atoms. The number of carbonyl (C=O) groups is 1. The van der Waals surface area contributed by atoms with Gasteiger partial charge in [-0.1, -0.05) is 30.3 Å². The molecule has 1 aliphatic heterocycles. The highest BCUT2D eigenvalue weighted by Gasteiger charge is 2.34. The molecule has 2 aromatic rings. The molecule has 1 atom stereocenters. The third kappa shape index (κ3) is 3.75. The highest BCUT2D eigenvalue weighted by molar-refractivity contribution is 5.97. The van der Waals surface area contributed by atoms with Crippen LogP contribution < -0.4 is 4.90 Å². The van der Waals surface area contributed by atoms with Gasteiger partial charge in [0.15, 0.2) is 0 Å². The van der Waals surface area contributed by atoms with Gasteiger partial charge < -0.3 is 4.90 Å². The number of carbonyl (C=O) groups excluding carboxylic acids is 1. The Labute approximate surface area is 151 Å². The largest absolute Gasteiger partial charge is 0.416 e. The highest BCUT2D eigenvalue weighted by Crippen LogP contribution is 2.32. The average Bonchev–Trinajstić information content (AvgIpc) is 2.60. The lowest BCUT2D eigenvalue weighted by molar-refractivity contribution is -0.137. The van der Waals surface area contributed by atoms with Crippen molar-refractivity contribution in [2.24, 2.45) is 0 Å². The van der Waals surface area contributed by atoms with Gasteiger partial charge in [0.25, 0.3) is 0 Å². The van der Waals surface area contributed by atoms with Crippen LogP contribution in [0.4, 0.5) is 18.9 Å². The van der Waals surface area contributed by atoms with Gasteiger partial charge in [0.05, 0.1) is 11.6 Å². The SMILES string of the molecule is Cc1ccccc1CN1CCN(c2cccc(C(F)(F)F)c2)C(=O)C1C. The zero-order chi connectivity index (χ0) is 18.9. The standard InChI is InChI=1S/C20H21F3N2O/c1-14-6-3-4-7-16(14)13-24-10-11-25(19(26)15(24)2)18-9-5-8-17(12-18)20(21,22)23/h3-9,12,15H,10-11,13H2,1-2H3. The molecule has 0 aliphatic carbocycles. The predicted octanol–water partition coefficient (Wildman–Crippen LogP) is 4.25. The summed E-state index contributed by atoms with van der Waals surface area (Å²) >= 11 is 0. The molecule has 3 nitrogen and oxygen atoms in total. The van der Waals surface area contributed by atoms with Gasteiger partial charge in [0, 0.05) is 25.3 Å². The molecule has 1 saturated heterocycles. The topological polar surface area (TPSA) is 23.6 Å². The second-order valence-corrected chi connectivity index (χ2v) is 6.61. The normalized spacial score (nSPS) is 19.0. The summed E-state index contributed by atoms with van der Waals surface area (Å²) in [5, 5.41) is 0. The first-order valence-electron chi connectivity index (χ1n) is 8.54.